The summed E-state index contributed by atoms with van der Waals surface area (Å²) in [4.78, 5) is 0. The van der Waals surface area contributed by atoms with E-state index in [0.717, 1.165) is 24.3 Å². The Labute approximate surface area is 116 Å². The predicted octanol–water partition coefficient (Wildman–Crippen LogP) is 4.33. The van der Waals surface area contributed by atoms with Gasteiger partial charge in [0, 0.05) is 18.8 Å². The summed E-state index contributed by atoms with van der Waals surface area (Å²) < 4.78 is 16.8. The van der Waals surface area contributed by atoms with Crippen LogP contribution < -0.4 is 4.74 Å². The minimum atomic E-state index is -0.274. The Bertz CT molecular complexity index is 315. The summed E-state index contributed by atoms with van der Waals surface area (Å²) in [5.74, 6) is 0.909. The van der Waals surface area contributed by atoms with Crippen LogP contribution in [0.15, 0.2) is 24.3 Å². The van der Waals surface area contributed by atoms with Crippen molar-refractivity contribution in [2.75, 3.05) is 19.8 Å². The van der Waals surface area contributed by atoms with Crippen molar-refractivity contribution < 1.29 is 14.2 Å². The molecule has 0 aliphatic rings. The van der Waals surface area contributed by atoms with Gasteiger partial charge in [-0.2, -0.15) is 0 Å². The van der Waals surface area contributed by atoms with E-state index in [2.05, 4.69) is 6.92 Å². The summed E-state index contributed by atoms with van der Waals surface area (Å²) in [5.41, 5.74) is 1.03. The van der Waals surface area contributed by atoms with Gasteiger partial charge in [-0.25, -0.2) is 0 Å². The number of rotatable bonds is 10. The molecular formula is C16H26O3. The number of benzene rings is 1. The molecule has 0 unspecified atom stereocenters. The standard InChI is InChI=1S/C16H26O3/c1-4-7-8-13-19-15-11-9-14(10-12-15)16(17-5-2)18-6-3/h9-12,16H,4-8,13H2,1-3H3. The molecule has 0 heterocycles. The Morgan fingerprint density at radius 3 is 2.05 bits per heavy atom. The fourth-order valence-corrected chi connectivity index (χ4v) is 1.81. The predicted molar refractivity (Wildman–Crippen MR) is 77.5 cm³/mol. The summed E-state index contributed by atoms with van der Waals surface area (Å²) in [6.07, 6.45) is 3.27. The molecule has 1 aromatic carbocycles. The summed E-state index contributed by atoms with van der Waals surface area (Å²) in [6, 6.07) is 7.97. The second kappa shape index (κ2) is 9.82. The maximum Gasteiger partial charge on any atom is 0.183 e. The highest BCUT2D eigenvalue weighted by molar-refractivity contribution is 5.28. The van der Waals surface area contributed by atoms with Crippen LogP contribution >= 0.6 is 0 Å². The van der Waals surface area contributed by atoms with Crippen molar-refractivity contribution in [3.05, 3.63) is 29.8 Å². The van der Waals surface area contributed by atoms with Gasteiger partial charge in [0.05, 0.1) is 6.61 Å². The molecule has 19 heavy (non-hydrogen) atoms. The van der Waals surface area contributed by atoms with Crippen molar-refractivity contribution in [1.82, 2.24) is 0 Å². The average molecular weight is 266 g/mol. The quantitative estimate of drug-likeness (QED) is 0.466. The Morgan fingerprint density at radius 2 is 1.53 bits per heavy atom. The summed E-state index contributed by atoms with van der Waals surface area (Å²) >= 11 is 0. The number of hydrogen-bond donors (Lipinski definition) is 0. The lowest BCUT2D eigenvalue weighted by Crippen LogP contribution is -2.08. The van der Waals surface area contributed by atoms with Crippen LogP contribution in [0.4, 0.5) is 0 Å². The van der Waals surface area contributed by atoms with E-state index in [1.54, 1.807) is 0 Å². The highest BCUT2D eigenvalue weighted by atomic mass is 16.7. The third-order valence-corrected chi connectivity index (χ3v) is 2.80. The van der Waals surface area contributed by atoms with Gasteiger partial charge in [0.15, 0.2) is 6.29 Å². The van der Waals surface area contributed by atoms with Crippen molar-refractivity contribution in [1.29, 1.82) is 0 Å². The van der Waals surface area contributed by atoms with Gasteiger partial charge in [0.1, 0.15) is 5.75 Å². The molecule has 0 saturated carbocycles. The fourth-order valence-electron chi connectivity index (χ4n) is 1.81. The Hall–Kier alpha value is -1.06. The lowest BCUT2D eigenvalue weighted by atomic mass is 10.2. The third kappa shape index (κ3) is 6.08. The second-order valence-electron chi connectivity index (χ2n) is 4.37. The van der Waals surface area contributed by atoms with Crippen molar-refractivity contribution in [3.8, 4) is 5.75 Å². The third-order valence-electron chi connectivity index (χ3n) is 2.80. The molecule has 3 heteroatoms. The van der Waals surface area contributed by atoms with Crippen LogP contribution in [0.25, 0.3) is 0 Å². The molecule has 3 nitrogen and oxygen atoms in total. The van der Waals surface area contributed by atoms with Gasteiger partial charge < -0.3 is 14.2 Å². The van der Waals surface area contributed by atoms with E-state index in [9.17, 15) is 0 Å². The molecule has 0 aromatic heterocycles. The molecule has 108 valence electrons. The smallest absolute Gasteiger partial charge is 0.183 e. The summed E-state index contributed by atoms with van der Waals surface area (Å²) in [5, 5.41) is 0. The average Bonchev–Trinajstić information content (AvgIpc) is 2.44. The molecule has 1 rings (SSSR count). The van der Waals surface area contributed by atoms with Gasteiger partial charge in [-0.3, -0.25) is 0 Å². The van der Waals surface area contributed by atoms with E-state index in [-0.39, 0.29) is 6.29 Å². The van der Waals surface area contributed by atoms with Gasteiger partial charge in [0.2, 0.25) is 0 Å². The zero-order valence-corrected chi connectivity index (χ0v) is 12.4. The summed E-state index contributed by atoms with van der Waals surface area (Å²) in [7, 11) is 0. The minimum absolute atomic E-state index is 0.274. The fraction of sp³-hybridized carbons (Fsp3) is 0.625. The van der Waals surface area contributed by atoms with Crippen LogP contribution in [0.5, 0.6) is 5.75 Å². The Kier molecular flexibility index (Phi) is 8.26. The van der Waals surface area contributed by atoms with Crippen LogP contribution in [0.1, 0.15) is 51.9 Å². The van der Waals surface area contributed by atoms with Crippen LogP contribution in [-0.4, -0.2) is 19.8 Å². The second-order valence-corrected chi connectivity index (χ2v) is 4.37. The number of ether oxygens (including phenoxy) is 3. The van der Waals surface area contributed by atoms with Gasteiger partial charge in [0.25, 0.3) is 0 Å². The van der Waals surface area contributed by atoms with Crippen LogP contribution in [0.3, 0.4) is 0 Å². The molecule has 0 atom stereocenters. The lowest BCUT2D eigenvalue weighted by molar-refractivity contribution is -0.140. The van der Waals surface area contributed by atoms with E-state index in [1.807, 2.05) is 38.1 Å². The SMILES string of the molecule is CCCCCOc1ccc(C(OCC)OCC)cc1. The van der Waals surface area contributed by atoms with Crippen molar-refractivity contribution in [3.63, 3.8) is 0 Å². The molecule has 0 aliphatic carbocycles. The first kappa shape index (κ1) is 16.0. The highest BCUT2D eigenvalue weighted by Gasteiger charge is 2.10. The normalized spacial score (nSPS) is 10.9. The molecular weight excluding hydrogens is 240 g/mol. The van der Waals surface area contributed by atoms with Crippen LogP contribution in [0.2, 0.25) is 0 Å². The molecule has 1 aromatic rings. The molecule has 0 aliphatic heterocycles. The Morgan fingerprint density at radius 1 is 0.895 bits per heavy atom. The molecule has 0 spiro atoms. The van der Waals surface area contributed by atoms with Crippen LogP contribution in [-0.2, 0) is 9.47 Å². The summed E-state index contributed by atoms with van der Waals surface area (Å²) in [6.45, 7) is 8.19. The zero-order valence-electron chi connectivity index (χ0n) is 12.4. The zero-order chi connectivity index (χ0) is 13.9. The molecule has 0 bridgehead atoms. The van der Waals surface area contributed by atoms with E-state index in [4.69, 9.17) is 14.2 Å². The van der Waals surface area contributed by atoms with Crippen molar-refractivity contribution in [2.45, 2.75) is 46.3 Å². The van der Waals surface area contributed by atoms with Gasteiger partial charge in [-0.1, -0.05) is 31.9 Å². The maximum absolute atomic E-state index is 5.68. The molecule has 0 amide bonds. The molecule has 0 fully saturated rings. The van der Waals surface area contributed by atoms with Crippen molar-refractivity contribution in [2.24, 2.45) is 0 Å². The first-order valence-corrected chi connectivity index (χ1v) is 7.27. The van der Waals surface area contributed by atoms with Gasteiger partial charge >= 0.3 is 0 Å². The largest absolute Gasteiger partial charge is 0.494 e. The number of unbranched alkanes of at least 4 members (excludes halogenated alkanes) is 2. The first-order valence-electron chi connectivity index (χ1n) is 7.27. The van der Waals surface area contributed by atoms with E-state index in [1.165, 1.54) is 12.8 Å². The van der Waals surface area contributed by atoms with Gasteiger partial charge in [-0.15, -0.1) is 0 Å². The van der Waals surface area contributed by atoms with E-state index >= 15 is 0 Å². The Balaban J connectivity index is 2.49. The first-order chi connectivity index (χ1) is 9.31. The van der Waals surface area contributed by atoms with Crippen molar-refractivity contribution >= 4 is 0 Å². The highest BCUT2D eigenvalue weighted by Crippen LogP contribution is 2.22. The number of hydrogen-bond acceptors (Lipinski definition) is 3. The molecule has 0 N–H and O–H groups in total. The van der Waals surface area contributed by atoms with Gasteiger partial charge in [-0.05, 0) is 32.4 Å². The van der Waals surface area contributed by atoms with Crippen LogP contribution in [0, 0.1) is 0 Å². The molecule has 0 radical (unpaired) electrons. The van der Waals surface area contributed by atoms with E-state index in [0.29, 0.717) is 13.2 Å². The minimum Gasteiger partial charge on any atom is -0.494 e. The topological polar surface area (TPSA) is 27.7 Å². The van der Waals surface area contributed by atoms with E-state index < -0.39 is 0 Å². The monoisotopic (exact) mass is 266 g/mol. The lowest BCUT2D eigenvalue weighted by Gasteiger charge is -2.17. The maximum atomic E-state index is 5.68. The molecule has 0 saturated heterocycles.